The fourth-order valence-electron chi connectivity index (χ4n) is 0.734. The maximum absolute atomic E-state index is 4.14. The molecule has 1 rings (SSSR count). The van der Waals surface area contributed by atoms with Crippen LogP contribution in [0, 0.1) is 0 Å². The van der Waals surface area contributed by atoms with Gasteiger partial charge in [0.25, 0.3) is 0 Å². The fraction of sp³-hybridized carbons (Fsp3) is 0.125. The molecule has 58 valence electrons. The van der Waals surface area contributed by atoms with E-state index in [1.165, 1.54) is 5.56 Å². The first-order valence-corrected chi connectivity index (χ1v) is 4.77. The van der Waals surface area contributed by atoms with Gasteiger partial charge in [-0.25, -0.2) is 0 Å². The molecule has 3 heteroatoms. The van der Waals surface area contributed by atoms with Gasteiger partial charge in [-0.05, 0) is 37.4 Å². The Morgan fingerprint density at radius 2 is 1.82 bits per heavy atom. The van der Waals surface area contributed by atoms with Gasteiger partial charge in [-0.15, -0.1) is 0 Å². The van der Waals surface area contributed by atoms with Crippen molar-refractivity contribution in [2.75, 3.05) is 0 Å². The zero-order valence-corrected chi connectivity index (χ0v) is 8.97. The Labute approximate surface area is 82.8 Å². The monoisotopic (exact) mass is 275 g/mol. The first kappa shape index (κ1) is 8.94. The first-order valence-electron chi connectivity index (χ1n) is 3.18. The lowest BCUT2D eigenvalue weighted by Gasteiger charge is -1.93. The quantitative estimate of drug-likeness (QED) is 0.735. The molecule has 0 aromatic heterocycles. The summed E-state index contributed by atoms with van der Waals surface area (Å²) >= 11 is 6.40. The van der Waals surface area contributed by atoms with Gasteiger partial charge in [0.05, 0.1) is 6.54 Å². The Morgan fingerprint density at radius 1 is 1.18 bits per heavy atom. The summed E-state index contributed by atoms with van der Waals surface area (Å²) in [7, 11) is 0. The Hall–Kier alpha value is -0.150. The minimum absolute atomic E-state index is 0.715. The lowest BCUT2D eigenvalue weighted by atomic mass is 10.2. The van der Waals surface area contributed by atoms with E-state index in [9.17, 15) is 0 Å². The number of rotatable bonds is 2. The van der Waals surface area contributed by atoms with E-state index in [1.807, 2.05) is 30.3 Å². The Morgan fingerprint density at radius 3 is 2.36 bits per heavy atom. The van der Waals surface area contributed by atoms with Gasteiger partial charge in [0.2, 0.25) is 0 Å². The molecular formula is C8H7Br2N. The van der Waals surface area contributed by atoms with Crippen molar-refractivity contribution in [2.45, 2.75) is 6.54 Å². The normalized spacial score (nSPS) is 9.27. The second kappa shape index (κ2) is 4.67. The van der Waals surface area contributed by atoms with Gasteiger partial charge in [-0.1, -0.05) is 30.3 Å². The molecule has 0 spiro atoms. The van der Waals surface area contributed by atoms with Gasteiger partial charge in [0, 0.05) is 0 Å². The van der Waals surface area contributed by atoms with Crippen LogP contribution in [0.5, 0.6) is 0 Å². The van der Waals surface area contributed by atoms with E-state index in [-0.39, 0.29) is 0 Å². The van der Waals surface area contributed by atoms with Crippen molar-refractivity contribution < 1.29 is 0 Å². The summed E-state index contributed by atoms with van der Waals surface area (Å²) in [6, 6.07) is 10.1. The van der Waals surface area contributed by atoms with Crippen molar-refractivity contribution >= 4 is 35.4 Å². The Bertz CT molecular complexity index is 240. The van der Waals surface area contributed by atoms with Crippen LogP contribution in [0.4, 0.5) is 0 Å². The summed E-state index contributed by atoms with van der Waals surface area (Å²) in [6.07, 6.45) is 0. The van der Waals surface area contributed by atoms with Gasteiger partial charge in [-0.3, -0.25) is 4.99 Å². The maximum atomic E-state index is 4.14. The largest absolute Gasteiger partial charge is 0.266 e. The van der Waals surface area contributed by atoms with Crippen LogP contribution < -0.4 is 0 Å². The molecule has 0 bridgehead atoms. The molecule has 1 nitrogen and oxygen atoms in total. The summed E-state index contributed by atoms with van der Waals surface area (Å²) < 4.78 is 0.758. The molecule has 0 amide bonds. The van der Waals surface area contributed by atoms with E-state index in [1.54, 1.807) is 0 Å². The van der Waals surface area contributed by atoms with E-state index in [2.05, 4.69) is 36.9 Å². The highest BCUT2D eigenvalue weighted by Crippen LogP contribution is 2.04. The van der Waals surface area contributed by atoms with Gasteiger partial charge in [0.1, 0.15) is 3.53 Å². The molecule has 0 fully saturated rings. The summed E-state index contributed by atoms with van der Waals surface area (Å²) in [5.74, 6) is 0. The van der Waals surface area contributed by atoms with Crippen LogP contribution in [0.2, 0.25) is 0 Å². The summed E-state index contributed by atoms with van der Waals surface area (Å²) in [5, 5.41) is 0. The predicted molar refractivity (Wildman–Crippen MR) is 55.4 cm³/mol. The second-order valence-corrected chi connectivity index (χ2v) is 4.61. The molecule has 0 aliphatic rings. The van der Waals surface area contributed by atoms with E-state index in [4.69, 9.17) is 0 Å². The molecule has 0 aliphatic heterocycles. The average Bonchev–Trinajstić information content (AvgIpc) is 2.03. The van der Waals surface area contributed by atoms with Gasteiger partial charge >= 0.3 is 0 Å². The molecule has 0 atom stereocenters. The van der Waals surface area contributed by atoms with E-state index in [0.717, 1.165) is 3.53 Å². The zero-order chi connectivity index (χ0) is 8.10. The molecule has 0 saturated heterocycles. The molecule has 0 N–H and O–H groups in total. The maximum Gasteiger partial charge on any atom is 0.143 e. The third-order valence-electron chi connectivity index (χ3n) is 1.22. The van der Waals surface area contributed by atoms with Crippen molar-refractivity contribution in [1.29, 1.82) is 0 Å². The van der Waals surface area contributed by atoms with Crippen LogP contribution in [-0.2, 0) is 6.54 Å². The van der Waals surface area contributed by atoms with Crippen LogP contribution in [0.1, 0.15) is 5.56 Å². The van der Waals surface area contributed by atoms with Crippen molar-refractivity contribution in [3.8, 4) is 0 Å². The van der Waals surface area contributed by atoms with E-state index < -0.39 is 0 Å². The minimum Gasteiger partial charge on any atom is -0.266 e. The minimum atomic E-state index is 0.715. The van der Waals surface area contributed by atoms with Crippen LogP contribution in [-0.4, -0.2) is 3.53 Å². The Balaban J connectivity index is 2.59. The van der Waals surface area contributed by atoms with Gasteiger partial charge in [-0.2, -0.15) is 0 Å². The molecule has 11 heavy (non-hydrogen) atoms. The van der Waals surface area contributed by atoms with Crippen LogP contribution >= 0.6 is 31.9 Å². The number of benzene rings is 1. The van der Waals surface area contributed by atoms with Gasteiger partial charge < -0.3 is 0 Å². The second-order valence-electron chi connectivity index (χ2n) is 2.04. The number of hydrogen-bond acceptors (Lipinski definition) is 1. The third-order valence-corrected chi connectivity index (χ3v) is 1.73. The molecular weight excluding hydrogens is 270 g/mol. The van der Waals surface area contributed by atoms with Crippen LogP contribution in [0.25, 0.3) is 0 Å². The van der Waals surface area contributed by atoms with Crippen molar-refractivity contribution in [3.63, 3.8) is 0 Å². The van der Waals surface area contributed by atoms with Crippen molar-refractivity contribution in [2.24, 2.45) is 4.99 Å². The first-order chi connectivity index (χ1) is 5.29. The number of nitrogens with zero attached hydrogens (tertiary/aromatic N) is 1. The molecule has 0 saturated carbocycles. The number of halogens is 2. The smallest absolute Gasteiger partial charge is 0.143 e. The summed E-state index contributed by atoms with van der Waals surface area (Å²) in [4.78, 5) is 4.14. The number of aliphatic imine (C=N–C) groups is 1. The summed E-state index contributed by atoms with van der Waals surface area (Å²) in [6.45, 7) is 0.715. The molecule has 0 heterocycles. The fourth-order valence-corrected chi connectivity index (χ4v) is 0.985. The highest BCUT2D eigenvalue weighted by atomic mass is 79.9. The van der Waals surface area contributed by atoms with Crippen LogP contribution in [0.15, 0.2) is 35.3 Å². The topological polar surface area (TPSA) is 12.4 Å². The summed E-state index contributed by atoms with van der Waals surface area (Å²) in [5.41, 5.74) is 1.21. The SMILES string of the molecule is BrC(Br)=NCc1ccccc1. The highest BCUT2D eigenvalue weighted by Gasteiger charge is 1.87. The van der Waals surface area contributed by atoms with Crippen molar-refractivity contribution in [1.82, 2.24) is 0 Å². The Kier molecular flexibility index (Phi) is 3.80. The van der Waals surface area contributed by atoms with E-state index in [0.29, 0.717) is 6.54 Å². The lowest BCUT2D eigenvalue weighted by Crippen LogP contribution is -1.80. The third kappa shape index (κ3) is 3.68. The number of hydrogen-bond donors (Lipinski definition) is 0. The molecule has 0 aliphatic carbocycles. The molecule has 0 unspecified atom stereocenters. The zero-order valence-electron chi connectivity index (χ0n) is 5.80. The highest BCUT2D eigenvalue weighted by molar-refractivity contribution is 9.39. The van der Waals surface area contributed by atoms with Crippen LogP contribution in [0.3, 0.4) is 0 Å². The molecule has 1 aromatic carbocycles. The molecule has 0 radical (unpaired) electrons. The average molecular weight is 277 g/mol. The van der Waals surface area contributed by atoms with E-state index >= 15 is 0 Å². The van der Waals surface area contributed by atoms with Crippen molar-refractivity contribution in [3.05, 3.63) is 35.9 Å². The lowest BCUT2D eigenvalue weighted by molar-refractivity contribution is 1.08. The standard InChI is InChI=1S/C8H7Br2N/c9-8(10)11-6-7-4-2-1-3-5-7/h1-5H,6H2. The molecule has 1 aromatic rings. The predicted octanol–water partition coefficient (Wildman–Crippen LogP) is 3.33. The van der Waals surface area contributed by atoms with Gasteiger partial charge in [0.15, 0.2) is 0 Å².